The van der Waals surface area contributed by atoms with Gasteiger partial charge in [0.25, 0.3) is 0 Å². The Hall–Kier alpha value is -1.02. The zero-order valence-corrected chi connectivity index (χ0v) is 15.8. The standard InChI is InChI=1S/C16H27N3O2.HI/c1-3-4-12-20-13-10-18-16(17-2)19-11-14-21-15-8-6-5-7-9-15;/h5-9H,3-4,10-14H2,1-2H3,(H2,17,18,19);1H. The Balaban J connectivity index is 0.00000441. The summed E-state index contributed by atoms with van der Waals surface area (Å²) in [4.78, 5) is 4.15. The molecule has 2 N–H and O–H groups in total. The molecule has 0 aliphatic rings. The molecule has 0 saturated heterocycles. The van der Waals surface area contributed by atoms with E-state index in [0.29, 0.717) is 19.8 Å². The second-order valence-corrected chi connectivity index (χ2v) is 4.55. The highest BCUT2D eigenvalue weighted by atomic mass is 127. The normalized spacial score (nSPS) is 10.7. The van der Waals surface area contributed by atoms with E-state index in [0.717, 1.165) is 37.7 Å². The van der Waals surface area contributed by atoms with Gasteiger partial charge in [-0.15, -0.1) is 24.0 Å². The minimum atomic E-state index is 0. The molecule has 0 amide bonds. The van der Waals surface area contributed by atoms with Crippen LogP contribution in [0.5, 0.6) is 5.75 Å². The van der Waals surface area contributed by atoms with Crippen LogP contribution in [0.3, 0.4) is 0 Å². The summed E-state index contributed by atoms with van der Waals surface area (Å²) in [6.45, 7) is 5.73. The molecule has 0 bridgehead atoms. The fourth-order valence-electron chi connectivity index (χ4n) is 1.67. The number of aliphatic imine (C=N–C) groups is 1. The zero-order chi connectivity index (χ0) is 15.2. The van der Waals surface area contributed by atoms with Crippen molar-refractivity contribution in [2.45, 2.75) is 19.8 Å². The smallest absolute Gasteiger partial charge is 0.191 e. The summed E-state index contributed by atoms with van der Waals surface area (Å²) >= 11 is 0. The van der Waals surface area contributed by atoms with Crippen LogP contribution in [0.2, 0.25) is 0 Å². The lowest BCUT2D eigenvalue weighted by molar-refractivity contribution is 0.136. The molecule has 1 rings (SSSR count). The Morgan fingerprint density at radius 2 is 1.73 bits per heavy atom. The lowest BCUT2D eigenvalue weighted by Gasteiger charge is -2.12. The monoisotopic (exact) mass is 421 g/mol. The second kappa shape index (κ2) is 14.9. The summed E-state index contributed by atoms with van der Waals surface area (Å²) < 4.78 is 11.1. The van der Waals surface area contributed by atoms with Crippen molar-refractivity contribution in [2.24, 2.45) is 4.99 Å². The van der Waals surface area contributed by atoms with E-state index >= 15 is 0 Å². The predicted octanol–water partition coefficient (Wildman–Crippen LogP) is 2.67. The summed E-state index contributed by atoms with van der Waals surface area (Å²) in [6.07, 6.45) is 2.28. The molecular weight excluding hydrogens is 393 g/mol. The number of unbranched alkanes of at least 4 members (excludes halogenated alkanes) is 1. The number of guanidine groups is 1. The minimum absolute atomic E-state index is 0. The van der Waals surface area contributed by atoms with Crippen LogP contribution < -0.4 is 15.4 Å². The summed E-state index contributed by atoms with van der Waals surface area (Å²) in [7, 11) is 1.76. The van der Waals surface area contributed by atoms with E-state index in [-0.39, 0.29) is 24.0 Å². The van der Waals surface area contributed by atoms with Gasteiger partial charge in [0.05, 0.1) is 13.2 Å². The van der Waals surface area contributed by atoms with E-state index in [1.54, 1.807) is 7.05 Å². The lowest BCUT2D eigenvalue weighted by atomic mass is 10.3. The number of ether oxygens (including phenoxy) is 2. The predicted molar refractivity (Wildman–Crippen MR) is 102 cm³/mol. The van der Waals surface area contributed by atoms with E-state index in [1.165, 1.54) is 0 Å². The van der Waals surface area contributed by atoms with Gasteiger partial charge in [-0.05, 0) is 18.6 Å². The lowest BCUT2D eigenvalue weighted by Crippen LogP contribution is -2.40. The first kappa shape index (κ1) is 21.0. The van der Waals surface area contributed by atoms with Gasteiger partial charge in [-0.1, -0.05) is 31.5 Å². The Labute approximate surface area is 150 Å². The quantitative estimate of drug-likeness (QED) is 0.264. The van der Waals surface area contributed by atoms with Crippen molar-refractivity contribution in [1.29, 1.82) is 0 Å². The van der Waals surface area contributed by atoms with Gasteiger partial charge >= 0.3 is 0 Å². The van der Waals surface area contributed by atoms with Gasteiger partial charge in [0.1, 0.15) is 12.4 Å². The summed E-state index contributed by atoms with van der Waals surface area (Å²) in [5.41, 5.74) is 0. The molecule has 1 aromatic carbocycles. The van der Waals surface area contributed by atoms with Crippen molar-refractivity contribution in [3.05, 3.63) is 30.3 Å². The molecule has 0 heterocycles. The molecule has 0 radical (unpaired) electrons. The number of para-hydroxylation sites is 1. The van der Waals surface area contributed by atoms with Crippen LogP contribution in [0.15, 0.2) is 35.3 Å². The van der Waals surface area contributed by atoms with Crippen molar-refractivity contribution >= 4 is 29.9 Å². The molecule has 0 saturated carbocycles. The van der Waals surface area contributed by atoms with Gasteiger partial charge in [-0.2, -0.15) is 0 Å². The number of nitrogens with zero attached hydrogens (tertiary/aromatic N) is 1. The summed E-state index contributed by atoms with van der Waals surface area (Å²) in [6, 6.07) is 9.78. The van der Waals surface area contributed by atoms with Crippen molar-refractivity contribution in [3.8, 4) is 5.75 Å². The van der Waals surface area contributed by atoms with Crippen molar-refractivity contribution < 1.29 is 9.47 Å². The molecule has 0 aromatic heterocycles. The second-order valence-electron chi connectivity index (χ2n) is 4.55. The first-order valence-electron chi connectivity index (χ1n) is 7.57. The third-order valence-corrected chi connectivity index (χ3v) is 2.81. The van der Waals surface area contributed by atoms with Crippen LogP contribution in [0.4, 0.5) is 0 Å². The highest BCUT2D eigenvalue weighted by molar-refractivity contribution is 14.0. The van der Waals surface area contributed by atoms with Crippen molar-refractivity contribution in [1.82, 2.24) is 10.6 Å². The molecule has 0 fully saturated rings. The Bertz CT molecular complexity index is 388. The number of halogens is 1. The highest BCUT2D eigenvalue weighted by Gasteiger charge is 1.97. The minimum Gasteiger partial charge on any atom is -0.492 e. The van der Waals surface area contributed by atoms with Crippen LogP contribution in [0, 0.1) is 0 Å². The number of nitrogens with one attached hydrogen (secondary N) is 2. The summed E-state index contributed by atoms with van der Waals surface area (Å²) in [5, 5.41) is 6.40. The van der Waals surface area contributed by atoms with Crippen molar-refractivity contribution in [2.75, 3.05) is 40.0 Å². The maximum Gasteiger partial charge on any atom is 0.191 e. The molecule has 22 heavy (non-hydrogen) atoms. The molecule has 126 valence electrons. The average molecular weight is 421 g/mol. The number of benzene rings is 1. The maximum absolute atomic E-state index is 5.60. The molecule has 6 heteroatoms. The Morgan fingerprint density at radius 1 is 1.05 bits per heavy atom. The van der Waals surface area contributed by atoms with Crippen LogP contribution in [-0.2, 0) is 4.74 Å². The van der Waals surface area contributed by atoms with E-state index < -0.39 is 0 Å². The molecule has 0 aliphatic carbocycles. The third kappa shape index (κ3) is 10.7. The fourth-order valence-corrected chi connectivity index (χ4v) is 1.67. The highest BCUT2D eigenvalue weighted by Crippen LogP contribution is 2.07. The average Bonchev–Trinajstić information content (AvgIpc) is 2.53. The largest absolute Gasteiger partial charge is 0.492 e. The maximum atomic E-state index is 5.60. The van der Waals surface area contributed by atoms with E-state index in [1.807, 2.05) is 30.3 Å². The van der Waals surface area contributed by atoms with Gasteiger partial charge < -0.3 is 20.1 Å². The third-order valence-electron chi connectivity index (χ3n) is 2.81. The van der Waals surface area contributed by atoms with Gasteiger partial charge in [-0.25, -0.2) is 0 Å². The van der Waals surface area contributed by atoms with Crippen LogP contribution in [0.1, 0.15) is 19.8 Å². The van der Waals surface area contributed by atoms with Gasteiger partial charge in [0.15, 0.2) is 5.96 Å². The van der Waals surface area contributed by atoms with E-state index in [2.05, 4.69) is 22.5 Å². The topological polar surface area (TPSA) is 54.9 Å². The molecule has 0 spiro atoms. The van der Waals surface area contributed by atoms with Crippen LogP contribution in [0.25, 0.3) is 0 Å². The number of hydrogen-bond donors (Lipinski definition) is 2. The molecule has 5 nitrogen and oxygen atoms in total. The molecule has 0 unspecified atom stereocenters. The van der Waals surface area contributed by atoms with Gasteiger partial charge in [-0.3, -0.25) is 4.99 Å². The molecule has 0 aliphatic heterocycles. The van der Waals surface area contributed by atoms with E-state index in [4.69, 9.17) is 9.47 Å². The Kier molecular flexibility index (Phi) is 14.2. The van der Waals surface area contributed by atoms with Gasteiger partial charge in [0, 0.05) is 20.2 Å². The SMILES string of the molecule is CCCCOCCNC(=NC)NCCOc1ccccc1.I. The fraction of sp³-hybridized carbons (Fsp3) is 0.562. The zero-order valence-electron chi connectivity index (χ0n) is 13.5. The first-order chi connectivity index (χ1) is 10.4. The van der Waals surface area contributed by atoms with Crippen LogP contribution >= 0.6 is 24.0 Å². The number of hydrogen-bond acceptors (Lipinski definition) is 3. The summed E-state index contributed by atoms with van der Waals surface area (Å²) in [5.74, 6) is 1.65. The number of rotatable bonds is 10. The Morgan fingerprint density at radius 3 is 2.36 bits per heavy atom. The molecule has 1 aromatic rings. The first-order valence-corrected chi connectivity index (χ1v) is 7.57. The van der Waals surface area contributed by atoms with Crippen LogP contribution in [-0.4, -0.2) is 45.9 Å². The van der Waals surface area contributed by atoms with Gasteiger partial charge in [0.2, 0.25) is 0 Å². The molecular formula is C16H28IN3O2. The van der Waals surface area contributed by atoms with Crippen molar-refractivity contribution in [3.63, 3.8) is 0 Å². The molecule has 0 atom stereocenters. The van der Waals surface area contributed by atoms with E-state index in [9.17, 15) is 0 Å².